The monoisotopic (exact) mass is 409 g/mol. The Hall–Kier alpha value is -2.54. The van der Waals surface area contributed by atoms with Gasteiger partial charge in [0.15, 0.2) is 0 Å². The molecule has 1 nitrogen and oxygen atoms in total. The van der Waals surface area contributed by atoms with E-state index in [1.54, 1.807) is 0 Å². The van der Waals surface area contributed by atoms with Crippen molar-refractivity contribution >= 4 is 17.1 Å². The molecule has 31 heavy (non-hydrogen) atoms. The molecule has 0 unspecified atom stereocenters. The second-order valence-corrected chi connectivity index (χ2v) is 11.7. The molecule has 0 saturated heterocycles. The lowest BCUT2D eigenvalue weighted by atomic mass is 9.64. The minimum absolute atomic E-state index is 0.0561. The minimum atomic E-state index is -0.0561. The fourth-order valence-electron chi connectivity index (χ4n) is 5.81. The van der Waals surface area contributed by atoms with Crippen LogP contribution in [0.4, 0.5) is 17.1 Å². The van der Waals surface area contributed by atoms with E-state index in [9.17, 15) is 0 Å². The van der Waals surface area contributed by atoms with Gasteiger partial charge in [0.25, 0.3) is 0 Å². The van der Waals surface area contributed by atoms with Gasteiger partial charge in [-0.3, -0.25) is 0 Å². The summed E-state index contributed by atoms with van der Waals surface area (Å²) in [5.74, 6) is 0. The number of nitrogens with zero attached hydrogens (tertiary/aromatic N) is 1. The highest BCUT2D eigenvalue weighted by Crippen LogP contribution is 2.61. The number of anilines is 3. The van der Waals surface area contributed by atoms with E-state index < -0.39 is 0 Å². The Morgan fingerprint density at radius 3 is 1.42 bits per heavy atom. The molecule has 0 atom stereocenters. The van der Waals surface area contributed by atoms with E-state index in [2.05, 4.69) is 116 Å². The predicted octanol–water partition coefficient (Wildman–Crippen LogP) is 8.35. The van der Waals surface area contributed by atoms with Gasteiger partial charge >= 0.3 is 0 Å². The highest BCUT2D eigenvalue weighted by atomic mass is 15.2. The molecule has 160 valence electrons. The quantitative estimate of drug-likeness (QED) is 0.360. The largest absolute Gasteiger partial charge is 0.309 e. The third-order valence-electron chi connectivity index (χ3n) is 7.82. The number of rotatable bonds is 0. The first-order valence-corrected chi connectivity index (χ1v) is 11.6. The second-order valence-electron chi connectivity index (χ2n) is 11.7. The summed E-state index contributed by atoms with van der Waals surface area (Å²) >= 11 is 0. The number of aryl methyl sites for hydroxylation is 2. The molecule has 0 radical (unpaired) electrons. The van der Waals surface area contributed by atoms with Crippen LogP contribution in [0.25, 0.3) is 0 Å². The van der Waals surface area contributed by atoms with Crippen molar-refractivity contribution in [3.8, 4) is 0 Å². The van der Waals surface area contributed by atoms with Crippen LogP contribution in [0, 0.1) is 13.8 Å². The van der Waals surface area contributed by atoms with Gasteiger partial charge < -0.3 is 4.90 Å². The lowest BCUT2D eigenvalue weighted by Gasteiger charge is -2.51. The molecule has 0 aromatic heterocycles. The van der Waals surface area contributed by atoms with Gasteiger partial charge in [-0.25, -0.2) is 0 Å². The van der Waals surface area contributed by atoms with Crippen LogP contribution in [0.2, 0.25) is 0 Å². The molecular weight excluding hydrogens is 374 g/mol. The third-order valence-corrected chi connectivity index (χ3v) is 7.82. The summed E-state index contributed by atoms with van der Waals surface area (Å²) in [4.78, 5) is 2.60. The molecular formula is C30H35N. The van der Waals surface area contributed by atoms with Gasteiger partial charge in [-0.15, -0.1) is 0 Å². The first-order chi connectivity index (χ1) is 14.4. The predicted molar refractivity (Wildman–Crippen MR) is 134 cm³/mol. The summed E-state index contributed by atoms with van der Waals surface area (Å²) in [7, 11) is 0. The Kier molecular flexibility index (Phi) is 3.96. The number of fused-ring (bicyclic) bond motifs is 4. The van der Waals surface area contributed by atoms with Crippen LogP contribution in [0.5, 0.6) is 0 Å². The Morgan fingerprint density at radius 1 is 0.613 bits per heavy atom. The summed E-state index contributed by atoms with van der Waals surface area (Å²) in [6.45, 7) is 21.2. The van der Waals surface area contributed by atoms with Crippen LogP contribution in [0.3, 0.4) is 0 Å². The number of para-hydroxylation sites is 2. The second kappa shape index (κ2) is 6.03. The molecule has 3 aromatic carbocycles. The Bertz CT molecular complexity index is 1150. The van der Waals surface area contributed by atoms with Crippen LogP contribution in [-0.4, -0.2) is 0 Å². The van der Waals surface area contributed by atoms with E-state index >= 15 is 0 Å². The standard InChI is InChI=1S/C30H35N/c1-18-12-10-14-21-25(18)31-26-19(2)13-11-15-22(26)30(8,9)24-17-20(28(3,4)5)16-23(27(24)31)29(21,6)7/h10-17H,1-9H3. The van der Waals surface area contributed by atoms with Gasteiger partial charge in [0.1, 0.15) is 0 Å². The van der Waals surface area contributed by atoms with Gasteiger partial charge in [-0.05, 0) is 58.2 Å². The van der Waals surface area contributed by atoms with Gasteiger partial charge in [-0.2, -0.15) is 0 Å². The van der Waals surface area contributed by atoms with Crippen molar-refractivity contribution in [1.82, 2.24) is 0 Å². The molecule has 5 rings (SSSR count). The molecule has 1 heteroatoms. The van der Waals surface area contributed by atoms with Gasteiger partial charge in [0, 0.05) is 10.8 Å². The lowest BCUT2D eigenvalue weighted by Crippen LogP contribution is -2.39. The van der Waals surface area contributed by atoms with Crippen molar-refractivity contribution in [1.29, 1.82) is 0 Å². The third kappa shape index (κ3) is 2.56. The van der Waals surface area contributed by atoms with Crippen LogP contribution >= 0.6 is 0 Å². The fourth-order valence-corrected chi connectivity index (χ4v) is 5.81. The molecule has 2 aliphatic rings. The topological polar surface area (TPSA) is 3.24 Å². The van der Waals surface area contributed by atoms with Crippen LogP contribution in [0.1, 0.15) is 87.4 Å². The molecule has 3 aromatic rings. The molecule has 2 aliphatic heterocycles. The van der Waals surface area contributed by atoms with Crippen molar-refractivity contribution in [2.24, 2.45) is 0 Å². The maximum absolute atomic E-state index is 2.60. The molecule has 0 N–H and O–H groups in total. The zero-order chi connectivity index (χ0) is 22.5. The first-order valence-electron chi connectivity index (χ1n) is 11.6. The summed E-state index contributed by atoms with van der Waals surface area (Å²) in [6, 6.07) is 18.7. The van der Waals surface area contributed by atoms with E-state index in [1.165, 1.54) is 56.0 Å². The van der Waals surface area contributed by atoms with Crippen LogP contribution in [-0.2, 0) is 16.2 Å². The van der Waals surface area contributed by atoms with Crippen LogP contribution < -0.4 is 4.90 Å². The molecule has 0 spiro atoms. The number of benzene rings is 3. The summed E-state index contributed by atoms with van der Waals surface area (Å²) in [5.41, 5.74) is 14.0. The fraction of sp³-hybridized carbons (Fsp3) is 0.400. The van der Waals surface area contributed by atoms with E-state index in [4.69, 9.17) is 0 Å². The highest BCUT2D eigenvalue weighted by molar-refractivity contribution is 5.94. The Labute approximate surface area is 188 Å². The lowest BCUT2D eigenvalue weighted by molar-refractivity contribution is 0.563. The molecule has 0 bridgehead atoms. The molecule has 0 aliphatic carbocycles. The molecule has 0 saturated carbocycles. The van der Waals surface area contributed by atoms with Crippen molar-refractivity contribution in [2.75, 3.05) is 4.90 Å². The van der Waals surface area contributed by atoms with Crippen molar-refractivity contribution in [3.05, 3.63) is 87.5 Å². The number of hydrogen-bond donors (Lipinski definition) is 0. The average molecular weight is 410 g/mol. The number of hydrogen-bond acceptors (Lipinski definition) is 1. The SMILES string of the molecule is Cc1cccc2c1N1c3c(C)cccc3C(C)(C)c3cc(C(C)(C)C)cc(c31)C2(C)C. The smallest absolute Gasteiger partial charge is 0.0544 e. The van der Waals surface area contributed by atoms with E-state index in [1.807, 2.05) is 0 Å². The van der Waals surface area contributed by atoms with E-state index in [0.717, 1.165) is 0 Å². The highest BCUT2D eigenvalue weighted by Gasteiger charge is 2.46. The van der Waals surface area contributed by atoms with Gasteiger partial charge in [0.05, 0.1) is 17.1 Å². The van der Waals surface area contributed by atoms with Crippen LogP contribution in [0.15, 0.2) is 48.5 Å². The maximum Gasteiger partial charge on any atom is 0.0544 e. The summed E-state index contributed by atoms with van der Waals surface area (Å²) in [6.07, 6.45) is 0. The molecule has 2 heterocycles. The molecule has 0 fully saturated rings. The zero-order valence-electron chi connectivity index (χ0n) is 20.6. The van der Waals surface area contributed by atoms with E-state index in [-0.39, 0.29) is 16.2 Å². The maximum atomic E-state index is 2.60. The van der Waals surface area contributed by atoms with Crippen molar-refractivity contribution < 1.29 is 0 Å². The van der Waals surface area contributed by atoms with Gasteiger partial charge in [0.2, 0.25) is 0 Å². The summed E-state index contributed by atoms with van der Waals surface area (Å²) < 4.78 is 0. The minimum Gasteiger partial charge on any atom is -0.309 e. The Balaban J connectivity index is 2.01. The summed E-state index contributed by atoms with van der Waals surface area (Å²) in [5, 5.41) is 0. The normalized spacial score (nSPS) is 17.6. The first kappa shape index (κ1) is 20.4. The van der Waals surface area contributed by atoms with E-state index in [0.29, 0.717) is 0 Å². The van der Waals surface area contributed by atoms with Crippen molar-refractivity contribution in [3.63, 3.8) is 0 Å². The van der Waals surface area contributed by atoms with Crippen molar-refractivity contribution in [2.45, 2.75) is 78.6 Å². The zero-order valence-corrected chi connectivity index (χ0v) is 20.6. The van der Waals surface area contributed by atoms with Gasteiger partial charge in [-0.1, -0.05) is 97.0 Å². The molecule has 0 amide bonds. The average Bonchev–Trinajstić information content (AvgIpc) is 2.67. The Morgan fingerprint density at radius 2 is 1.03 bits per heavy atom.